The van der Waals surface area contributed by atoms with E-state index in [1.54, 1.807) is 24.4 Å². The van der Waals surface area contributed by atoms with Crippen LogP contribution in [0.1, 0.15) is 35.0 Å². The molecule has 2 N–H and O–H groups in total. The summed E-state index contributed by atoms with van der Waals surface area (Å²) in [4.78, 5) is 21.4. The van der Waals surface area contributed by atoms with Crippen LogP contribution >= 0.6 is 0 Å². The molecule has 6 nitrogen and oxygen atoms in total. The van der Waals surface area contributed by atoms with Crippen LogP contribution in [-0.4, -0.2) is 36.4 Å². The summed E-state index contributed by atoms with van der Waals surface area (Å²) in [6.45, 7) is 6.99. The van der Waals surface area contributed by atoms with E-state index in [4.69, 9.17) is 15.2 Å². The zero-order valence-electron chi connectivity index (χ0n) is 16.1. The summed E-state index contributed by atoms with van der Waals surface area (Å²) in [6.07, 6.45) is 4.38. The van der Waals surface area contributed by atoms with Gasteiger partial charge < -0.3 is 15.2 Å². The molecule has 6 heteroatoms. The second-order valence-electron chi connectivity index (χ2n) is 6.98. The van der Waals surface area contributed by atoms with Gasteiger partial charge in [-0.05, 0) is 36.6 Å². The van der Waals surface area contributed by atoms with Crippen molar-refractivity contribution in [3.8, 4) is 5.75 Å². The number of hydrogen-bond acceptors (Lipinski definition) is 6. The summed E-state index contributed by atoms with van der Waals surface area (Å²) in [7, 11) is 0. The number of nitrogens with zero attached hydrogens (tertiary/aromatic N) is 2. The molecule has 2 heterocycles. The summed E-state index contributed by atoms with van der Waals surface area (Å²) in [5, 5.41) is 0. The molecule has 0 spiro atoms. The van der Waals surface area contributed by atoms with Crippen LogP contribution in [0.2, 0.25) is 0 Å². The molecule has 1 aliphatic rings. The Labute approximate surface area is 165 Å². The number of hydrogen-bond donors (Lipinski definition) is 1. The zero-order chi connectivity index (χ0) is 20.0. The topological polar surface area (TPSA) is 86.8 Å². The molecule has 1 atom stereocenters. The number of Topliss-reactive ketones (excluding diaryl/α,β-unsaturated/α-hetero) is 1. The van der Waals surface area contributed by atoms with Gasteiger partial charge in [0.05, 0.1) is 19.4 Å². The molecule has 28 heavy (non-hydrogen) atoms. The highest BCUT2D eigenvalue weighted by atomic mass is 16.5. The molecule has 0 amide bonds. The molecule has 1 aromatic carbocycles. The molecule has 0 saturated heterocycles. The molecule has 0 saturated carbocycles. The van der Waals surface area contributed by atoms with E-state index in [0.29, 0.717) is 37.1 Å². The molecule has 2 aromatic rings. The van der Waals surface area contributed by atoms with Crippen LogP contribution in [0.5, 0.6) is 5.75 Å². The summed E-state index contributed by atoms with van der Waals surface area (Å²) >= 11 is 0. The van der Waals surface area contributed by atoms with Gasteiger partial charge in [0, 0.05) is 6.42 Å². The third kappa shape index (κ3) is 4.84. The number of ketones is 1. The first-order valence-electron chi connectivity index (χ1n) is 9.24. The van der Waals surface area contributed by atoms with Gasteiger partial charge in [0.15, 0.2) is 5.78 Å². The van der Waals surface area contributed by atoms with Gasteiger partial charge in [-0.2, -0.15) is 0 Å². The van der Waals surface area contributed by atoms with E-state index in [2.05, 4.69) is 16.6 Å². The van der Waals surface area contributed by atoms with Crippen LogP contribution in [0.15, 0.2) is 60.2 Å². The van der Waals surface area contributed by atoms with E-state index in [9.17, 15) is 4.79 Å². The number of carbonyl (C=O) groups is 1. The van der Waals surface area contributed by atoms with Gasteiger partial charge in [0.2, 0.25) is 0 Å². The summed E-state index contributed by atoms with van der Waals surface area (Å²) < 4.78 is 11.1. The zero-order valence-corrected chi connectivity index (χ0v) is 16.1. The maximum absolute atomic E-state index is 12.6. The van der Waals surface area contributed by atoms with Crippen molar-refractivity contribution in [2.24, 2.45) is 10.7 Å². The van der Waals surface area contributed by atoms with Gasteiger partial charge in [-0.3, -0.25) is 9.79 Å². The molecule has 3 rings (SSSR count). The van der Waals surface area contributed by atoms with E-state index >= 15 is 0 Å². The van der Waals surface area contributed by atoms with Gasteiger partial charge in [-0.25, -0.2) is 4.98 Å². The molecule has 0 bridgehead atoms. The van der Waals surface area contributed by atoms with Gasteiger partial charge in [-0.1, -0.05) is 30.3 Å². The lowest BCUT2D eigenvalue weighted by atomic mass is 9.90. The standard InChI is InChI=1S/C22H25N3O3/c1-3-4-10-28-18-8-9-19(24-13-18)20(26)12-16-6-5-7-17(11-16)22(2)15-27-14-21(23)25-22/h3,5-9,11,13H,1,4,10,12,14-15H2,2H3,(H2,23,25). The smallest absolute Gasteiger partial charge is 0.185 e. The maximum atomic E-state index is 12.6. The molecular formula is C22H25N3O3. The predicted molar refractivity (Wildman–Crippen MR) is 109 cm³/mol. The minimum Gasteiger partial charge on any atom is -0.492 e. The Bertz CT molecular complexity index is 877. The fourth-order valence-corrected chi connectivity index (χ4v) is 3.07. The molecule has 0 radical (unpaired) electrons. The first-order valence-corrected chi connectivity index (χ1v) is 9.24. The lowest BCUT2D eigenvalue weighted by molar-refractivity contribution is 0.0987. The minimum absolute atomic E-state index is 0.0529. The van der Waals surface area contributed by atoms with Crippen LogP contribution < -0.4 is 10.5 Å². The highest BCUT2D eigenvalue weighted by molar-refractivity contribution is 5.95. The summed E-state index contributed by atoms with van der Waals surface area (Å²) in [5.74, 6) is 1.07. The third-order valence-electron chi connectivity index (χ3n) is 4.55. The Morgan fingerprint density at radius 2 is 2.25 bits per heavy atom. The fraction of sp³-hybridized carbons (Fsp3) is 0.318. The quantitative estimate of drug-likeness (QED) is 0.433. The normalized spacial score (nSPS) is 19.0. The predicted octanol–water partition coefficient (Wildman–Crippen LogP) is 3.06. The van der Waals surface area contributed by atoms with Crippen molar-refractivity contribution in [2.75, 3.05) is 19.8 Å². The van der Waals surface area contributed by atoms with Gasteiger partial charge >= 0.3 is 0 Å². The highest BCUT2D eigenvalue weighted by Crippen LogP contribution is 2.29. The summed E-state index contributed by atoms with van der Waals surface area (Å²) in [5.41, 5.74) is 7.59. The number of ether oxygens (including phenoxy) is 2. The van der Waals surface area contributed by atoms with E-state index < -0.39 is 5.54 Å². The van der Waals surface area contributed by atoms with Crippen molar-refractivity contribution in [3.63, 3.8) is 0 Å². The molecule has 0 aliphatic carbocycles. The number of carbonyl (C=O) groups excluding carboxylic acids is 1. The molecular weight excluding hydrogens is 354 g/mol. The maximum Gasteiger partial charge on any atom is 0.185 e. The molecule has 1 aliphatic heterocycles. The Morgan fingerprint density at radius 3 is 2.96 bits per heavy atom. The van der Waals surface area contributed by atoms with Gasteiger partial charge in [0.25, 0.3) is 0 Å². The van der Waals surface area contributed by atoms with Crippen molar-refractivity contribution in [1.29, 1.82) is 0 Å². The Hall–Kier alpha value is -2.99. The minimum atomic E-state index is -0.538. The number of rotatable bonds is 8. The highest BCUT2D eigenvalue weighted by Gasteiger charge is 2.30. The van der Waals surface area contributed by atoms with Crippen LogP contribution in [0, 0.1) is 0 Å². The monoisotopic (exact) mass is 379 g/mol. The van der Waals surface area contributed by atoms with Crippen LogP contribution in [0.25, 0.3) is 0 Å². The Balaban J connectivity index is 1.69. The first kappa shape index (κ1) is 19.8. The third-order valence-corrected chi connectivity index (χ3v) is 4.55. The lowest BCUT2D eigenvalue weighted by Crippen LogP contribution is -2.37. The first-order chi connectivity index (χ1) is 13.5. The average Bonchev–Trinajstić information content (AvgIpc) is 2.69. The van der Waals surface area contributed by atoms with Crippen molar-refractivity contribution < 1.29 is 14.3 Å². The largest absolute Gasteiger partial charge is 0.492 e. The van der Waals surface area contributed by atoms with E-state index in [1.165, 1.54) is 0 Å². The van der Waals surface area contributed by atoms with Gasteiger partial charge in [-0.15, -0.1) is 6.58 Å². The fourth-order valence-electron chi connectivity index (χ4n) is 3.07. The molecule has 1 unspecified atom stereocenters. The number of aliphatic imine (C=N–C) groups is 1. The second-order valence-corrected chi connectivity index (χ2v) is 6.98. The van der Waals surface area contributed by atoms with E-state index in [-0.39, 0.29) is 12.2 Å². The SMILES string of the molecule is C=CCCOc1ccc(C(=O)Cc2cccc(C3(C)COCC(N)=N3)c2)nc1. The van der Waals surface area contributed by atoms with E-state index in [1.807, 2.05) is 31.2 Å². The Morgan fingerprint density at radius 1 is 1.39 bits per heavy atom. The molecule has 146 valence electrons. The van der Waals surface area contributed by atoms with Crippen LogP contribution in [0.4, 0.5) is 0 Å². The van der Waals surface area contributed by atoms with Crippen molar-refractivity contribution in [1.82, 2.24) is 4.98 Å². The molecule has 1 aromatic heterocycles. The van der Waals surface area contributed by atoms with Crippen molar-refractivity contribution in [3.05, 3.63) is 72.1 Å². The number of nitrogens with two attached hydrogens (primary N) is 1. The van der Waals surface area contributed by atoms with E-state index in [0.717, 1.165) is 17.5 Å². The number of benzene rings is 1. The second kappa shape index (κ2) is 8.80. The number of amidine groups is 1. The number of aromatic nitrogens is 1. The van der Waals surface area contributed by atoms with Crippen molar-refractivity contribution in [2.45, 2.75) is 25.3 Å². The van der Waals surface area contributed by atoms with Crippen LogP contribution in [-0.2, 0) is 16.7 Å². The molecule has 0 fully saturated rings. The average molecular weight is 379 g/mol. The summed E-state index contributed by atoms with van der Waals surface area (Å²) in [6, 6.07) is 11.3. The lowest BCUT2D eigenvalue weighted by Gasteiger charge is -2.30. The number of pyridine rings is 1. The van der Waals surface area contributed by atoms with Gasteiger partial charge in [0.1, 0.15) is 29.4 Å². The van der Waals surface area contributed by atoms with Crippen LogP contribution in [0.3, 0.4) is 0 Å². The van der Waals surface area contributed by atoms with Crippen molar-refractivity contribution >= 4 is 11.6 Å². The Kier molecular flexibility index (Phi) is 6.21.